The molecule has 0 heterocycles. The van der Waals surface area contributed by atoms with Crippen LogP contribution in [-0.2, 0) is 0 Å². The largest absolute Gasteiger partial charge is 0.453 e. The highest BCUT2D eigenvalue weighted by molar-refractivity contribution is 9.10. The molecule has 2 N–H and O–H groups in total. The Morgan fingerprint density at radius 1 is 1.29 bits per heavy atom. The van der Waals surface area contributed by atoms with E-state index in [0.717, 1.165) is 0 Å². The maximum Gasteiger partial charge on any atom is 0.273 e. The molecule has 0 bridgehead atoms. The fourth-order valence-electron chi connectivity index (χ4n) is 1.69. The van der Waals surface area contributed by atoms with Crippen LogP contribution < -0.4 is 10.5 Å². The van der Waals surface area contributed by atoms with Gasteiger partial charge < -0.3 is 10.5 Å². The first-order valence-electron chi connectivity index (χ1n) is 6.05. The van der Waals surface area contributed by atoms with Gasteiger partial charge in [-0.05, 0) is 46.6 Å². The van der Waals surface area contributed by atoms with Crippen molar-refractivity contribution >= 4 is 21.6 Å². The van der Waals surface area contributed by atoms with Crippen LogP contribution in [0.2, 0.25) is 0 Å². The smallest absolute Gasteiger partial charge is 0.273 e. The zero-order chi connectivity index (χ0) is 15.6. The normalized spacial score (nSPS) is 12.0. The highest BCUT2D eigenvalue weighted by atomic mass is 79.9. The van der Waals surface area contributed by atoms with E-state index in [9.17, 15) is 14.5 Å². The standard InChI is InChI=1S/C14H12BrFN2O3/c1-8(17)9-2-5-13(12(16)6-9)21-14-7-10(18(19)20)3-4-11(14)15/h2-8H,17H2,1H3/t8-/m0/s1. The van der Waals surface area contributed by atoms with Gasteiger partial charge in [0.05, 0.1) is 15.5 Å². The Bertz CT molecular complexity index is 692. The molecule has 0 saturated carbocycles. The average Bonchev–Trinajstić information content (AvgIpc) is 2.42. The monoisotopic (exact) mass is 354 g/mol. The number of benzene rings is 2. The lowest BCUT2D eigenvalue weighted by Gasteiger charge is -2.11. The Hall–Kier alpha value is -1.99. The van der Waals surface area contributed by atoms with E-state index in [1.165, 1.54) is 30.3 Å². The number of halogens is 2. The Morgan fingerprint density at radius 2 is 2.00 bits per heavy atom. The molecule has 21 heavy (non-hydrogen) atoms. The van der Waals surface area contributed by atoms with Crippen molar-refractivity contribution in [3.05, 3.63) is 62.4 Å². The summed E-state index contributed by atoms with van der Waals surface area (Å²) in [6.45, 7) is 1.74. The predicted octanol–water partition coefficient (Wildman–Crippen LogP) is 4.31. The number of ether oxygens (including phenoxy) is 1. The molecule has 1 atom stereocenters. The third kappa shape index (κ3) is 3.56. The van der Waals surface area contributed by atoms with E-state index in [1.54, 1.807) is 13.0 Å². The molecule has 0 aromatic heterocycles. The molecule has 0 saturated heterocycles. The maximum absolute atomic E-state index is 14.0. The first kappa shape index (κ1) is 15.4. The highest BCUT2D eigenvalue weighted by Gasteiger charge is 2.14. The fraction of sp³-hybridized carbons (Fsp3) is 0.143. The minimum absolute atomic E-state index is 0.0272. The van der Waals surface area contributed by atoms with Crippen LogP contribution in [0.1, 0.15) is 18.5 Å². The van der Waals surface area contributed by atoms with Gasteiger partial charge in [0.25, 0.3) is 5.69 Å². The first-order valence-corrected chi connectivity index (χ1v) is 6.84. The van der Waals surface area contributed by atoms with Crippen molar-refractivity contribution in [2.75, 3.05) is 0 Å². The Morgan fingerprint density at radius 3 is 2.57 bits per heavy atom. The molecule has 0 aliphatic heterocycles. The van der Waals surface area contributed by atoms with Crippen molar-refractivity contribution < 1.29 is 14.1 Å². The van der Waals surface area contributed by atoms with Crippen LogP contribution in [0.25, 0.3) is 0 Å². The summed E-state index contributed by atoms with van der Waals surface area (Å²) in [6.07, 6.45) is 0. The van der Waals surface area contributed by atoms with Crippen LogP contribution >= 0.6 is 15.9 Å². The van der Waals surface area contributed by atoms with Gasteiger partial charge in [-0.1, -0.05) is 6.07 Å². The van der Waals surface area contributed by atoms with Gasteiger partial charge in [0.2, 0.25) is 0 Å². The summed E-state index contributed by atoms with van der Waals surface area (Å²) < 4.78 is 19.8. The van der Waals surface area contributed by atoms with Crippen LogP contribution in [0.5, 0.6) is 11.5 Å². The van der Waals surface area contributed by atoms with Crippen molar-refractivity contribution in [1.82, 2.24) is 0 Å². The molecule has 2 rings (SSSR count). The second-order valence-electron chi connectivity index (χ2n) is 4.45. The molecular weight excluding hydrogens is 343 g/mol. The van der Waals surface area contributed by atoms with Gasteiger partial charge in [-0.3, -0.25) is 10.1 Å². The summed E-state index contributed by atoms with van der Waals surface area (Å²) >= 11 is 3.21. The first-order chi connectivity index (χ1) is 9.88. The topological polar surface area (TPSA) is 78.4 Å². The summed E-state index contributed by atoms with van der Waals surface area (Å²) in [5, 5.41) is 10.8. The predicted molar refractivity (Wildman–Crippen MR) is 79.9 cm³/mol. The fourth-order valence-corrected chi connectivity index (χ4v) is 2.01. The molecule has 0 fully saturated rings. The van der Waals surface area contributed by atoms with E-state index in [1.807, 2.05) is 0 Å². The van der Waals surface area contributed by atoms with Crippen molar-refractivity contribution in [1.29, 1.82) is 0 Å². The van der Waals surface area contributed by atoms with Gasteiger partial charge in [0, 0.05) is 12.1 Å². The zero-order valence-electron chi connectivity index (χ0n) is 11.0. The molecular formula is C14H12BrFN2O3. The number of non-ortho nitro benzene ring substituents is 1. The van der Waals surface area contributed by atoms with Crippen LogP contribution in [0, 0.1) is 15.9 Å². The van der Waals surface area contributed by atoms with Gasteiger partial charge in [-0.25, -0.2) is 4.39 Å². The van der Waals surface area contributed by atoms with Crippen molar-refractivity contribution in [3.63, 3.8) is 0 Å². The SMILES string of the molecule is C[C@H](N)c1ccc(Oc2cc([N+](=O)[O-])ccc2Br)c(F)c1. The van der Waals surface area contributed by atoms with E-state index in [-0.39, 0.29) is 23.2 Å². The lowest BCUT2D eigenvalue weighted by atomic mass is 10.1. The number of hydrogen-bond acceptors (Lipinski definition) is 4. The Kier molecular flexibility index (Phi) is 4.54. The van der Waals surface area contributed by atoms with Gasteiger partial charge in [0.1, 0.15) is 5.75 Å². The Balaban J connectivity index is 2.34. The molecule has 0 aliphatic rings. The lowest BCUT2D eigenvalue weighted by molar-refractivity contribution is -0.384. The molecule has 5 nitrogen and oxygen atoms in total. The van der Waals surface area contributed by atoms with E-state index in [2.05, 4.69) is 15.9 Å². The summed E-state index contributed by atoms with van der Waals surface area (Å²) in [5.74, 6) is -0.444. The molecule has 110 valence electrons. The van der Waals surface area contributed by atoms with E-state index in [0.29, 0.717) is 10.0 Å². The number of rotatable bonds is 4. The number of nitrogens with two attached hydrogens (primary N) is 1. The zero-order valence-corrected chi connectivity index (χ0v) is 12.6. The number of nitro groups is 1. The quantitative estimate of drug-likeness (QED) is 0.655. The summed E-state index contributed by atoms with van der Waals surface area (Å²) in [4.78, 5) is 10.2. The van der Waals surface area contributed by atoms with E-state index in [4.69, 9.17) is 10.5 Å². The molecule has 0 unspecified atom stereocenters. The van der Waals surface area contributed by atoms with Crippen molar-refractivity contribution in [2.45, 2.75) is 13.0 Å². The van der Waals surface area contributed by atoms with Crippen LogP contribution in [0.15, 0.2) is 40.9 Å². The van der Waals surface area contributed by atoms with Crippen LogP contribution in [0.4, 0.5) is 10.1 Å². The highest BCUT2D eigenvalue weighted by Crippen LogP contribution is 2.34. The van der Waals surface area contributed by atoms with Crippen molar-refractivity contribution in [2.24, 2.45) is 5.73 Å². The molecule has 2 aromatic carbocycles. The number of nitrogens with zero attached hydrogens (tertiary/aromatic N) is 1. The van der Waals surface area contributed by atoms with Crippen LogP contribution in [-0.4, -0.2) is 4.92 Å². The molecule has 7 heteroatoms. The molecule has 0 radical (unpaired) electrons. The maximum atomic E-state index is 14.0. The third-order valence-electron chi connectivity index (χ3n) is 2.83. The van der Waals surface area contributed by atoms with Gasteiger partial charge in [-0.2, -0.15) is 0 Å². The second kappa shape index (κ2) is 6.19. The van der Waals surface area contributed by atoms with Gasteiger partial charge in [-0.15, -0.1) is 0 Å². The molecule has 2 aromatic rings. The molecule has 0 aliphatic carbocycles. The number of nitro benzene ring substituents is 1. The van der Waals surface area contributed by atoms with Crippen LogP contribution in [0.3, 0.4) is 0 Å². The van der Waals surface area contributed by atoms with E-state index >= 15 is 0 Å². The average molecular weight is 355 g/mol. The summed E-state index contributed by atoms with van der Waals surface area (Å²) in [6, 6.07) is 8.11. The van der Waals surface area contributed by atoms with Gasteiger partial charge >= 0.3 is 0 Å². The minimum atomic E-state index is -0.580. The Labute approximate surface area is 128 Å². The third-order valence-corrected chi connectivity index (χ3v) is 3.48. The molecule has 0 spiro atoms. The molecule has 0 amide bonds. The minimum Gasteiger partial charge on any atom is -0.453 e. The van der Waals surface area contributed by atoms with Gasteiger partial charge in [0.15, 0.2) is 11.6 Å². The second-order valence-corrected chi connectivity index (χ2v) is 5.31. The number of hydrogen-bond donors (Lipinski definition) is 1. The summed E-state index contributed by atoms with van der Waals surface area (Å²) in [7, 11) is 0. The lowest BCUT2D eigenvalue weighted by Crippen LogP contribution is -2.05. The van der Waals surface area contributed by atoms with E-state index < -0.39 is 10.7 Å². The summed E-state index contributed by atoms with van der Waals surface area (Å²) in [5.41, 5.74) is 6.17. The van der Waals surface area contributed by atoms with Crippen molar-refractivity contribution in [3.8, 4) is 11.5 Å².